The van der Waals surface area contributed by atoms with Crippen molar-refractivity contribution in [2.24, 2.45) is 7.05 Å². The quantitative estimate of drug-likeness (QED) is 0.474. The number of hydrogen-bond donors (Lipinski definition) is 0. The molecule has 0 amide bonds. The van der Waals surface area contributed by atoms with Crippen LogP contribution in [0, 0.1) is 13.8 Å². The number of fused-ring (bicyclic) bond motifs is 1. The molecular formula is C25H26N2O3S. The lowest BCUT2D eigenvalue weighted by molar-refractivity contribution is 0.588. The lowest BCUT2D eigenvalue weighted by atomic mass is 9.77. The molecule has 0 aliphatic heterocycles. The van der Waals surface area contributed by atoms with Crippen molar-refractivity contribution in [3.05, 3.63) is 99.6 Å². The third-order valence-electron chi connectivity index (χ3n) is 6.01. The van der Waals surface area contributed by atoms with Gasteiger partial charge in [0.1, 0.15) is 5.52 Å². The van der Waals surface area contributed by atoms with Gasteiger partial charge in [0.25, 0.3) is 15.6 Å². The SMILES string of the molecule is Cc1ccc(C(C)(C)c2cn(C)c(=O)c3c2ccn3S(=O)(=O)c2ccc(C)cc2)cc1. The molecule has 0 saturated carbocycles. The van der Waals surface area contributed by atoms with Crippen molar-refractivity contribution in [1.29, 1.82) is 0 Å². The second kappa shape index (κ2) is 7.24. The predicted octanol–water partition coefficient (Wildman–Crippen LogP) is 4.52. The maximum absolute atomic E-state index is 13.4. The van der Waals surface area contributed by atoms with Gasteiger partial charge in [-0.3, -0.25) is 4.79 Å². The Bertz CT molecular complexity index is 1440. The molecule has 2 aromatic carbocycles. The molecule has 4 aromatic rings. The van der Waals surface area contributed by atoms with Crippen LogP contribution in [0.25, 0.3) is 10.9 Å². The van der Waals surface area contributed by atoms with E-state index in [1.54, 1.807) is 37.4 Å². The van der Waals surface area contributed by atoms with Crippen LogP contribution >= 0.6 is 0 Å². The van der Waals surface area contributed by atoms with Crippen LogP contribution in [0.5, 0.6) is 0 Å². The molecule has 2 aromatic heterocycles. The molecule has 0 bridgehead atoms. The van der Waals surface area contributed by atoms with E-state index in [0.29, 0.717) is 5.39 Å². The highest BCUT2D eigenvalue weighted by molar-refractivity contribution is 7.90. The van der Waals surface area contributed by atoms with Gasteiger partial charge in [-0.25, -0.2) is 12.4 Å². The first-order valence-electron chi connectivity index (χ1n) is 10.1. The van der Waals surface area contributed by atoms with Crippen molar-refractivity contribution in [3.8, 4) is 0 Å². The van der Waals surface area contributed by atoms with Crippen LogP contribution in [0.1, 0.15) is 36.1 Å². The number of rotatable bonds is 4. The molecule has 0 aliphatic carbocycles. The Hall–Kier alpha value is -3.12. The van der Waals surface area contributed by atoms with Crippen molar-refractivity contribution >= 4 is 20.9 Å². The molecule has 0 spiro atoms. The minimum absolute atomic E-state index is 0.154. The topological polar surface area (TPSA) is 61.1 Å². The average Bonchev–Trinajstić information content (AvgIpc) is 3.17. The zero-order valence-electron chi connectivity index (χ0n) is 18.4. The molecule has 0 fully saturated rings. The molecule has 0 aliphatic rings. The molecule has 5 nitrogen and oxygen atoms in total. The largest absolute Gasteiger partial charge is 0.316 e. The molecule has 0 unspecified atom stereocenters. The van der Waals surface area contributed by atoms with Crippen molar-refractivity contribution in [3.63, 3.8) is 0 Å². The van der Waals surface area contributed by atoms with E-state index in [0.717, 1.165) is 20.7 Å². The Morgan fingerprint density at radius 1 is 0.839 bits per heavy atom. The number of pyridine rings is 1. The van der Waals surface area contributed by atoms with Crippen molar-refractivity contribution < 1.29 is 8.42 Å². The zero-order chi connectivity index (χ0) is 22.6. The van der Waals surface area contributed by atoms with Crippen LogP contribution in [0.3, 0.4) is 0 Å². The molecule has 0 saturated heterocycles. The summed E-state index contributed by atoms with van der Waals surface area (Å²) in [7, 11) is -2.25. The van der Waals surface area contributed by atoms with Gasteiger partial charge in [0.05, 0.1) is 4.90 Å². The fourth-order valence-corrected chi connectivity index (χ4v) is 5.32. The van der Waals surface area contributed by atoms with E-state index in [-0.39, 0.29) is 16.0 Å². The summed E-state index contributed by atoms with van der Waals surface area (Å²) < 4.78 is 29.3. The van der Waals surface area contributed by atoms with Crippen molar-refractivity contribution in [2.45, 2.75) is 38.0 Å². The first kappa shape index (κ1) is 21.1. The Morgan fingerprint density at radius 2 is 1.39 bits per heavy atom. The molecule has 2 heterocycles. The first-order chi connectivity index (χ1) is 14.5. The smallest absolute Gasteiger partial charge is 0.275 e. The highest BCUT2D eigenvalue weighted by Crippen LogP contribution is 2.36. The van der Waals surface area contributed by atoms with Crippen molar-refractivity contribution in [2.75, 3.05) is 0 Å². The van der Waals surface area contributed by atoms with Gasteiger partial charge in [-0.2, -0.15) is 0 Å². The second-order valence-electron chi connectivity index (χ2n) is 8.64. The number of aryl methyl sites for hydroxylation is 3. The lowest BCUT2D eigenvalue weighted by Gasteiger charge is -2.27. The Kier molecular flexibility index (Phi) is 4.93. The number of hydrogen-bond acceptors (Lipinski definition) is 3. The summed E-state index contributed by atoms with van der Waals surface area (Å²) in [6.07, 6.45) is 3.29. The normalized spacial score (nSPS) is 12.4. The number of aromatic nitrogens is 2. The fourth-order valence-electron chi connectivity index (χ4n) is 3.98. The van der Waals surface area contributed by atoms with Crippen LogP contribution in [-0.4, -0.2) is 17.0 Å². The van der Waals surface area contributed by atoms with Crippen LogP contribution < -0.4 is 5.56 Å². The molecule has 0 atom stereocenters. The van der Waals surface area contributed by atoms with E-state index < -0.39 is 15.4 Å². The number of benzene rings is 2. The van der Waals surface area contributed by atoms with Gasteiger partial charge in [-0.15, -0.1) is 0 Å². The highest BCUT2D eigenvalue weighted by atomic mass is 32.2. The van der Waals surface area contributed by atoms with E-state index in [1.807, 2.05) is 20.0 Å². The van der Waals surface area contributed by atoms with Crippen LogP contribution in [0.4, 0.5) is 0 Å². The first-order valence-corrected chi connectivity index (χ1v) is 11.6. The van der Waals surface area contributed by atoms with E-state index in [4.69, 9.17) is 0 Å². The van der Waals surface area contributed by atoms with Crippen LogP contribution in [0.15, 0.2) is 76.7 Å². The third-order valence-corrected chi connectivity index (χ3v) is 7.70. The molecular weight excluding hydrogens is 408 g/mol. The minimum atomic E-state index is -3.91. The van der Waals surface area contributed by atoms with E-state index in [9.17, 15) is 13.2 Å². The maximum Gasteiger partial charge on any atom is 0.275 e. The van der Waals surface area contributed by atoms with Gasteiger partial charge in [0, 0.05) is 30.2 Å². The van der Waals surface area contributed by atoms with Gasteiger partial charge in [0.2, 0.25) is 0 Å². The summed E-state index contributed by atoms with van der Waals surface area (Å²) in [6.45, 7) is 8.11. The predicted molar refractivity (Wildman–Crippen MR) is 124 cm³/mol. The van der Waals surface area contributed by atoms with Gasteiger partial charge >= 0.3 is 0 Å². The van der Waals surface area contributed by atoms with Gasteiger partial charge in [-0.05, 0) is 43.2 Å². The van der Waals surface area contributed by atoms with Crippen LogP contribution in [0.2, 0.25) is 0 Å². The Morgan fingerprint density at radius 3 is 1.97 bits per heavy atom. The highest BCUT2D eigenvalue weighted by Gasteiger charge is 2.29. The summed E-state index contributed by atoms with van der Waals surface area (Å²) in [5, 5.41) is 0.643. The van der Waals surface area contributed by atoms with Gasteiger partial charge in [0.15, 0.2) is 0 Å². The standard InChI is InChI=1S/C25H26N2O3S/c1-17-6-10-19(11-7-17)25(3,4)22-16-26(5)24(28)23-21(22)14-15-27(23)31(29,30)20-12-8-18(2)9-13-20/h6-16H,1-5H3. The molecule has 6 heteroatoms. The Balaban J connectivity index is 1.99. The Labute approximate surface area is 182 Å². The van der Waals surface area contributed by atoms with Gasteiger partial charge in [-0.1, -0.05) is 61.4 Å². The fraction of sp³-hybridized carbons (Fsp3) is 0.240. The maximum atomic E-state index is 13.4. The number of nitrogens with zero attached hydrogens (tertiary/aromatic N) is 2. The van der Waals surface area contributed by atoms with E-state index in [1.165, 1.54) is 16.3 Å². The minimum Gasteiger partial charge on any atom is -0.316 e. The molecule has 0 radical (unpaired) electrons. The lowest BCUT2D eigenvalue weighted by Crippen LogP contribution is -2.27. The van der Waals surface area contributed by atoms with Crippen LogP contribution in [-0.2, 0) is 22.5 Å². The van der Waals surface area contributed by atoms with E-state index >= 15 is 0 Å². The molecule has 160 valence electrons. The molecule has 31 heavy (non-hydrogen) atoms. The summed E-state index contributed by atoms with van der Waals surface area (Å²) in [5.41, 5.74) is 3.50. The summed E-state index contributed by atoms with van der Waals surface area (Å²) in [4.78, 5) is 13.2. The average molecular weight is 435 g/mol. The summed E-state index contributed by atoms with van der Waals surface area (Å²) in [6, 6.07) is 16.6. The van der Waals surface area contributed by atoms with Crippen molar-refractivity contribution in [1.82, 2.24) is 8.54 Å². The van der Waals surface area contributed by atoms with E-state index in [2.05, 4.69) is 38.1 Å². The monoisotopic (exact) mass is 434 g/mol. The van der Waals surface area contributed by atoms with Gasteiger partial charge < -0.3 is 4.57 Å². The second-order valence-corrected chi connectivity index (χ2v) is 10.5. The molecule has 0 N–H and O–H groups in total. The zero-order valence-corrected chi connectivity index (χ0v) is 19.2. The summed E-state index contributed by atoms with van der Waals surface area (Å²) in [5.74, 6) is 0. The summed E-state index contributed by atoms with van der Waals surface area (Å²) >= 11 is 0. The third kappa shape index (κ3) is 3.41. The molecule has 4 rings (SSSR count).